The van der Waals surface area contributed by atoms with Gasteiger partial charge in [-0.05, 0) is 36.4 Å². The average Bonchev–Trinajstić information content (AvgIpc) is 3.16. The SMILES string of the molecule is CN1C(=O)c2ccc(N3CCNCC3)cc2N2C(=O)CCC12C(=O)Nc1cccc(F)c1. The molecule has 0 spiro atoms. The van der Waals surface area contributed by atoms with Crippen LogP contribution in [0, 0.1) is 5.82 Å². The van der Waals surface area contributed by atoms with Gasteiger partial charge in [0.15, 0.2) is 0 Å². The van der Waals surface area contributed by atoms with Crippen LogP contribution in [0.5, 0.6) is 0 Å². The highest BCUT2D eigenvalue weighted by molar-refractivity contribution is 6.18. The molecule has 8 nitrogen and oxygen atoms in total. The van der Waals surface area contributed by atoms with E-state index in [-0.39, 0.29) is 30.3 Å². The van der Waals surface area contributed by atoms with Gasteiger partial charge in [-0.3, -0.25) is 19.3 Å². The van der Waals surface area contributed by atoms with Crippen molar-refractivity contribution in [3.63, 3.8) is 0 Å². The molecule has 0 saturated carbocycles. The molecule has 0 radical (unpaired) electrons. The van der Waals surface area contributed by atoms with Gasteiger partial charge in [-0.2, -0.15) is 0 Å². The molecule has 1 unspecified atom stereocenters. The smallest absolute Gasteiger partial charge is 0.271 e. The second-order valence-electron chi connectivity index (χ2n) is 8.31. The van der Waals surface area contributed by atoms with E-state index in [0.29, 0.717) is 11.3 Å². The molecule has 9 heteroatoms. The maximum absolute atomic E-state index is 13.7. The van der Waals surface area contributed by atoms with Crippen molar-refractivity contribution >= 4 is 34.8 Å². The van der Waals surface area contributed by atoms with Crippen LogP contribution in [0.2, 0.25) is 0 Å². The van der Waals surface area contributed by atoms with Crippen molar-refractivity contribution in [2.75, 3.05) is 48.3 Å². The van der Waals surface area contributed by atoms with Gasteiger partial charge in [0.05, 0.1) is 11.3 Å². The first-order valence-corrected chi connectivity index (χ1v) is 10.7. The van der Waals surface area contributed by atoms with E-state index in [0.717, 1.165) is 31.9 Å². The number of likely N-dealkylation sites (N-methyl/N-ethyl adjacent to an activating group) is 1. The lowest BCUT2D eigenvalue weighted by molar-refractivity contribution is -0.128. The molecular weight excluding hydrogens is 413 g/mol. The summed E-state index contributed by atoms with van der Waals surface area (Å²) in [5.41, 5.74) is 0.499. The maximum atomic E-state index is 13.7. The van der Waals surface area contributed by atoms with Crippen molar-refractivity contribution in [1.82, 2.24) is 10.2 Å². The summed E-state index contributed by atoms with van der Waals surface area (Å²) in [6.07, 6.45) is 0.290. The van der Waals surface area contributed by atoms with Gasteiger partial charge < -0.3 is 20.4 Å². The number of nitrogens with zero attached hydrogens (tertiary/aromatic N) is 3. The third kappa shape index (κ3) is 3.03. The predicted molar refractivity (Wildman–Crippen MR) is 118 cm³/mol. The number of fused-ring (bicyclic) bond motifs is 3. The van der Waals surface area contributed by atoms with Crippen molar-refractivity contribution in [3.8, 4) is 0 Å². The third-order valence-electron chi connectivity index (χ3n) is 6.55. The number of anilines is 3. The summed E-state index contributed by atoms with van der Waals surface area (Å²) in [5.74, 6) is -1.58. The van der Waals surface area contributed by atoms with Crippen molar-refractivity contribution in [3.05, 3.63) is 53.8 Å². The van der Waals surface area contributed by atoms with Gasteiger partial charge in [-0.1, -0.05) is 6.07 Å². The molecule has 2 aromatic rings. The fourth-order valence-electron chi connectivity index (χ4n) is 4.88. The number of amides is 3. The Hall–Kier alpha value is -3.46. The van der Waals surface area contributed by atoms with E-state index in [1.54, 1.807) is 12.1 Å². The Kier molecular flexibility index (Phi) is 4.85. The highest BCUT2D eigenvalue weighted by atomic mass is 19.1. The molecule has 3 aliphatic rings. The fourth-order valence-corrected chi connectivity index (χ4v) is 4.88. The normalized spacial score (nSPS) is 22.6. The van der Waals surface area contributed by atoms with E-state index < -0.39 is 17.4 Å². The molecule has 0 aromatic heterocycles. The zero-order chi connectivity index (χ0) is 22.5. The molecule has 166 valence electrons. The van der Waals surface area contributed by atoms with Crippen LogP contribution in [-0.2, 0) is 9.59 Å². The minimum absolute atomic E-state index is 0.130. The van der Waals surface area contributed by atoms with Gasteiger partial charge in [-0.15, -0.1) is 0 Å². The lowest BCUT2D eigenvalue weighted by atomic mass is 9.95. The molecule has 3 aliphatic heterocycles. The topological polar surface area (TPSA) is 85.0 Å². The summed E-state index contributed by atoms with van der Waals surface area (Å²) in [7, 11) is 1.53. The van der Waals surface area contributed by atoms with Gasteiger partial charge in [0, 0.05) is 57.4 Å². The standard InChI is InChI=1S/C23H24FN5O3/c1-27-21(31)18-6-5-17(28-11-9-25-10-12-28)14-19(18)29-20(30)7-8-23(27,29)22(32)26-16-4-2-3-15(24)13-16/h2-6,13-14,25H,7-12H2,1H3,(H,26,32). The number of hydrogen-bond acceptors (Lipinski definition) is 5. The molecule has 3 heterocycles. The molecule has 1 atom stereocenters. The van der Waals surface area contributed by atoms with Gasteiger partial charge >= 0.3 is 0 Å². The second kappa shape index (κ2) is 7.59. The molecule has 2 fully saturated rings. The number of nitrogens with one attached hydrogen (secondary N) is 2. The Morgan fingerprint density at radius 1 is 1.12 bits per heavy atom. The number of hydrogen-bond donors (Lipinski definition) is 2. The van der Waals surface area contributed by atoms with Crippen molar-refractivity contribution in [2.45, 2.75) is 18.5 Å². The zero-order valence-electron chi connectivity index (χ0n) is 17.7. The summed E-state index contributed by atoms with van der Waals surface area (Å²) < 4.78 is 13.7. The van der Waals surface area contributed by atoms with Crippen LogP contribution in [0.4, 0.5) is 21.5 Å². The van der Waals surface area contributed by atoms with E-state index in [2.05, 4.69) is 15.5 Å². The molecule has 2 N–H and O–H groups in total. The van der Waals surface area contributed by atoms with Crippen LogP contribution >= 0.6 is 0 Å². The number of carbonyl (C=O) groups excluding carboxylic acids is 3. The van der Waals surface area contributed by atoms with Crippen molar-refractivity contribution in [2.24, 2.45) is 0 Å². The lowest BCUT2D eigenvalue weighted by Crippen LogP contribution is -2.68. The average molecular weight is 437 g/mol. The summed E-state index contributed by atoms with van der Waals surface area (Å²) >= 11 is 0. The fraction of sp³-hybridized carbons (Fsp3) is 0.348. The quantitative estimate of drug-likeness (QED) is 0.765. The van der Waals surface area contributed by atoms with Crippen LogP contribution in [0.1, 0.15) is 23.2 Å². The van der Waals surface area contributed by atoms with Gasteiger partial charge in [-0.25, -0.2) is 4.39 Å². The Bertz CT molecular complexity index is 1120. The molecule has 2 saturated heterocycles. The minimum Gasteiger partial charge on any atom is -0.369 e. The number of halogens is 1. The monoisotopic (exact) mass is 437 g/mol. The first kappa shape index (κ1) is 20.4. The van der Waals surface area contributed by atoms with Crippen LogP contribution < -0.4 is 20.4 Å². The largest absolute Gasteiger partial charge is 0.369 e. The van der Waals surface area contributed by atoms with Crippen LogP contribution in [0.15, 0.2) is 42.5 Å². The molecule has 0 aliphatic carbocycles. The second-order valence-corrected chi connectivity index (χ2v) is 8.31. The van der Waals surface area contributed by atoms with Crippen molar-refractivity contribution in [1.29, 1.82) is 0 Å². The summed E-state index contributed by atoms with van der Waals surface area (Å²) in [6.45, 7) is 3.32. The van der Waals surface area contributed by atoms with E-state index in [1.807, 2.05) is 12.1 Å². The number of benzene rings is 2. The Morgan fingerprint density at radius 3 is 2.66 bits per heavy atom. The summed E-state index contributed by atoms with van der Waals surface area (Å²) in [5, 5.41) is 6.01. The zero-order valence-corrected chi connectivity index (χ0v) is 17.7. The molecule has 2 aromatic carbocycles. The number of piperazine rings is 1. The van der Waals surface area contributed by atoms with E-state index >= 15 is 0 Å². The highest BCUT2D eigenvalue weighted by Gasteiger charge is 2.59. The Labute approximate surface area is 185 Å². The Morgan fingerprint density at radius 2 is 1.91 bits per heavy atom. The molecule has 32 heavy (non-hydrogen) atoms. The molecule has 5 rings (SSSR count). The highest BCUT2D eigenvalue weighted by Crippen LogP contribution is 2.45. The minimum atomic E-state index is -1.50. The van der Waals surface area contributed by atoms with Crippen LogP contribution in [0.3, 0.4) is 0 Å². The van der Waals surface area contributed by atoms with E-state index in [1.165, 1.54) is 35.0 Å². The maximum Gasteiger partial charge on any atom is 0.271 e. The first-order chi connectivity index (χ1) is 15.4. The molecule has 0 bridgehead atoms. The summed E-state index contributed by atoms with van der Waals surface area (Å²) in [4.78, 5) is 44.9. The van der Waals surface area contributed by atoms with E-state index in [4.69, 9.17) is 0 Å². The predicted octanol–water partition coefficient (Wildman–Crippen LogP) is 1.78. The van der Waals surface area contributed by atoms with E-state index in [9.17, 15) is 18.8 Å². The molecule has 3 amide bonds. The van der Waals surface area contributed by atoms with Crippen LogP contribution in [0.25, 0.3) is 0 Å². The Balaban J connectivity index is 1.57. The van der Waals surface area contributed by atoms with Gasteiger partial charge in [0.1, 0.15) is 5.82 Å². The van der Waals surface area contributed by atoms with Crippen LogP contribution in [-0.4, -0.2) is 61.5 Å². The van der Waals surface area contributed by atoms with Crippen molar-refractivity contribution < 1.29 is 18.8 Å². The summed E-state index contributed by atoms with van der Waals surface area (Å²) in [6, 6.07) is 11.0. The number of rotatable bonds is 3. The number of carbonyl (C=O) groups is 3. The third-order valence-corrected chi connectivity index (χ3v) is 6.55. The first-order valence-electron chi connectivity index (χ1n) is 10.7. The van der Waals surface area contributed by atoms with Gasteiger partial charge in [0.25, 0.3) is 11.8 Å². The molecular formula is C23H24FN5O3. The lowest BCUT2D eigenvalue weighted by Gasteiger charge is -2.47. The van der Waals surface area contributed by atoms with Gasteiger partial charge in [0.2, 0.25) is 11.6 Å².